The fraction of sp³-hybridized carbons (Fsp3) is 0.440. The molecule has 1 N–H and O–H groups in total. The number of hydrogen-bond acceptors (Lipinski definition) is 3. The molecule has 0 saturated heterocycles. The predicted octanol–water partition coefficient (Wildman–Crippen LogP) is 4.32. The van der Waals surface area contributed by atoms with Gasteiger partial charge < -0.3 is 15.0 Å². The van der Waals surface area contributed by atoms with E-state index in [1.54, 1.807) is 4.90 Å². The highest BCUT2D eigenvalue weighted by atomic mass is 16.5. The zero-order valence-corrected chi connectivity index (χ0v) is 18.8. The van der Waals surface area contributed by atoms with Crippen molar-refractivity contribution in [2.45, 2.75) is 60.0 Å². The number of amides is 2. The Balaban J connectivity index is 2.21. The molecule has 5 nitrogen and oxygen atoms in total. The van der Waals surface area contributed by atoms with Crippen molar-refractivity contribution in [2.24, 2.45) is 0 Å². The van der Waals surface area contributed by atoms with Crippen LogP contribution in [-0.2, 0) is 16.1 Å². The molecule has 0 heterocycles. The van der Waals surface area contributed by atoms with E-state index in [1.807, 2.05) is 77.1 Å². The van der Waals surface area contributed by atoms with Crippen LogP contribution in [0.25, 0.3) is 0 Å². The average molecular weight is 411 g/mol. The molecule has 2 rings (SSSR count). The van der Waals surface area contributed by atoms with Gasteiger partial charge >= 0.3 is 0 Å². The minimum atomic E-state index is -0.535. The van der Waals surface area contributed by atoms with Crippen molar-refractivity contribution >= 4 is 11.8 Å². The van der Waals surface area contributed by atoms with Crippen LogP contribution in [0.2, 0.25) is 0 Å². The van der Waals surface area contributed by atoms with Crippen molar-refractivity contribution in [1.82, 2.24) is 10.2 Å². The van der Waals surface area contributed by atoms with Crippen molar-refractivity contribution in [2.75, 3.05) is 13.2 Å². The van der Waals surface area contributed by atoms with Gasteiger partial charge in [-0.2, -0.15) is 0 Å². The molecule has 0 saturated carbocycles. The van der Waals surface area contributed by atoms with Crippen LogP contribution in [0.5, 0.6) is 5.75 Å². The summed E-state index contributed by atoms with van der Waals surface area (Å²) in [6, 6.07) is 13.3. The van der Waals surface area contributed by atoms with Crippen LogP contribution in [0.15, 0.2) is 42.5 Å². The highest BCUT2D eigenvalue weighted by molar-refractivity contribution is 5.88. The molecule has 1 atom stereocenters. The Morgan fingerprint density at radius 3 is 2.40 bits per heavy atom. The summed E-state index contributed by atoms with van der Waals surface area (Å²) >= 11 is 0. The van der Waals surface area contributed by atoms with Gasteiger partial charge in [-0.3, -0.25) is 9.59 Å². The van der Waals surface area contributed by atoms with E-state index in [2.05, 4.69) is 5.32 Å². The monoisotopic (exact) mass is 410 g/mol. The molecule has 0 aliphatic heterocycles. The number of benzene rings is 2. The first-order valence-corrected chi connectivity index (χ1v) is 10.7. The van der Waals surface area contributed by atoms with E-state index in [0.717, 1.165) is 28.7 Å². The number of aryl methyl sites for hydroxylation is 3. The second kappa shape index (κ2) is 11.4. The van der Waals surface area contributed by atoms with Gasteiger partial charge in [0.05, 0.1) is 0 Å². The molecular weight excluding hydrogens is 376 g/mol. The molecule has 2 amide bonds. The van der Waals surface area contributed by atoms with Crippen molar-refractivity contribution < 1.29 is 14.3 Å². The second-order valence-corrected chi connectivity index (χ2v) is 7.78. The number of nitrogens with zero attached hydrogens (tertiary/aromatic N) is 1. The summed E-state index contributed by atoms with van der Waals surface area (Å²) in [4.78, 5) is 27.6. The van der Waals surface area contributed by atoms with Gasteiger partial charge in [-0.05, 0) is 50.8 Å². The van der Waals surface area contributed by atoms with Crippen LogP contribution in [0, 0.1) is 20.8 Å². The van der Waals surface area contributed by atoms with Gasteiger partial charge in [-0.25, -0.2) is 0 Å². The highest BCUT2D eigenvalue weighted by Crippen LogP contribution is 2.20. The standard InChI is InChI=1S/C25H34N2O3/c1-6-13-26-25(29)22(7-2)27(16-21-10-8-9-18(3)15-21)24(28)17-30-23-12-11-19(4)14-20(23)5/h8-12,14-15,22H,6-7,13,16-17H2,1-5H3,(H,26,29). The number of ether oxygens (including phenoxy) is 1. The summed E-state index contributed by atoms with van der Waals surface area (Å²) in [5, 5.41) is 2.93. The van der Waals surface area contributed by atoms with Gasteiger partial charge in [0, 0.05) is 13.1 Å². The van der Waals surface area contributed by atoms with E-state index in [9.17, 15) is 9.59 Å². The van der Waals surface area contributed by atoms with Crippen LogP contribution in [0.1, 0.15) is 48.9 Å². The molecule has 5 heteroatoms. The maximum Gasteiger partial charge on any atom is 0.261 e. The molecule has 0 aliphatic carbocycles. The van der Waals surface area contributed by atoms with Crippen LogP contribution in [0.4, 0.5) is 0 Å². The van der Waals surface area contributed by atoms with E-state index in [1.165, 1.54) is 0 Å². The molecule has 0 fully saturated rings. The molecule has 2 aromatic rings. The maximum absolute atomic E-state index is 13.2. The molecule has 162 valence electrons. The van der Waals surface area contributed by atoms with Gasteiger partial charge in [-0.1, -0.05) is 61.4 Å². The first kappa shape index (κ1) is 23.5. The van der Waals surface area contributed by atoms with Crippen LogP contribution >= 0.6 is 0 Å². The summed E-state index contributed by atoms with van der Waals surface area (Å²) in [5.41, 5.74) is 4.25. The number of rotatable bonds is 10. The highest BCUT2D eigenvalue weighted by Gasteiger charge is 2.28. The number of carbonyl (C=O) groups is 2. The van der Waals surface area contributed by atoms with E-state index >= 15 is 0 Å². The normalized spacial score (nSPS) is 11.6. The summed E-state index contributed by atoms with van der Waals surface area (Å²) in [6.45, 7) is 10.8. The minimum absolute atomic E-state index is 0.104. The fourth-order valence-electron chi connectivity index (χ4n) is 3.48. The molecule has 0 aliphatic rings. The third-order valence-electron chi connectivity index (χ3n) is 5.05. The minimum Gasteiger partial charge on any atom is -0.483 e. The Morgan fingerprint density at radius 1 is 1.03 bits per heavy atom. The zero-order valence-electron chi connectivity index (χ0n) is 18.8. The van der Waals surface area contributed by atoms with Crippen LogP contribution in [-0.4, -0.2) is 35.9 Å². The van der Waals surface area contributed by atoms with Crippen molar-refractivity contribution in [3.63, 3.8) is 0 Å². The first-order valence-electron chi connectivity index (χ1n) is 10.7. The number of nitrogens with one attached hydrogen (secondary N) is 1. The van der Waals surface area contributed by atoms with Gasteiger partial charge in [0.2, 0.25) is 5.91 Å². The maximum atomic E-state index is 13.2. The van der Waals surface area contributed by atoms with Crippen LogP contribution in [0.3, 0.4) is 0 Å². The van der Waals surface area contributed by atoms with Gasteiger partial charge in [-0.15, -0.1) is 0 Å². The molecule has 0 bridgehead atoms. The Morgan fingerprint density at radius 2 is 1.77 bits per heavy atom. The molecule has 1 unspecified atom stereocenters. The molecular formula is C25H34N2O3. The molecule has 0 radical (unpaired) electrons. The van der Waals surface area contributed by atoms with Gasteiger partial charge in [0.25, 0.3) is 5.91 Å². The first-order chi connectivity index (χ1) is 14.3. The van der Waals surface area contributed by atoms with Crippen molar-refractivity contribution in [1.29, 1.82) is 0 Å². The molecule has 0 spiro atoms. The Kier molecular flexibility index (Phi) is 8.90. The lowest BCUT2D eigenvalue weighted by molar-refractivity contribution is -0.143. The third kappa shape index (κ3) is 6.61. The predicted molar refractivity (Wildman–Crippen MR) is 121 cm³/mol. The Labute approximate surface area is 180 Å². The topological polar surface area (TPSA) is 58.6 Å². The Bertz CT molecular complexity index is 863. The lowest BCUT2D eigenvalue weighted by Gasteiger charge is -2.30. The van der Waals surface area contributed by atoms with Crippen molar-refractivity contribution in [3.05, 3.63) is 64.7 Å². The second-order valence-electron chi connectivity index (χ2n) is 7.78. The van der Waals surface area contributed by atoms with Crippen LogP contribution < -0.4 is 10.1 Å². The quantitative estimate of drug-likeness (QED) is 0.634. The lowest BCUT2D eigenvalue weighted by atomic mass is 10.1. The van der Waals surface area contributed by atoms with E-state index in [-0.39, 0.29) is 18.4 Å². The molecule has 2 aromatic carbocycles. The summed E-state index contributed by atoms with van der Waals surface area (Å²) in [5.74, 6) is 0.370. The fourth-order valence-corrected chi connectivity index (χ4v) is 3.48. The smallest absolute Gasteiger partial charge is 0.261 e. The van der Waals surface area contributed by atoms with E-state index in [4.69, 9.17) is 4.74 Å². The molecule has 0 aromatic heterocycles. The third-order valence-corrected chi connectivity index (χ3v) is 5.05. The van der Waals surface area contributed by atoms with Gasteiger partial charge in [0.15, 0.2) is 6.61 Å². The van der Waals surface area contributed by atoms with Crippen molar-refractivity contribution in [3.8, 4) is 5.75 Å². The summed E-state index contributed by atoms with van der Waals surface area (Å²) < 4.78 is 5.83. The number of carbonyl (C=O) groups excluding carboxylic acids is 2. The summed E-state index contributed by atoms with van der Waals surface area (Å²) in [6.07, 6.45) is 1.39. The largest absolute Gasteiger partial charge is 0.483 e. The molecule has 30 heavy (non-hydrogen) atoms. The summed E-state index contributed by atoms with van der Waals surface area (Å²) in [7, 11) is 0. The lowest BCUT2D eigenvalue weighted by Crippen LogP contribution is -2.50. The number of hydrogen-bond donors (Lipinski definition) is 1. The van der Waals surface area contributed by atoms with E-state index < -0.39 is 6.04 Å². The zero-order chi connectivity index (χ0) is 22.1. The SMILES string of the molecule is CCCNC(=O)C(CC)N(Cc1cccc(C)c1)C(=O)COc1ccc(C)cc1C. The average Bonchev–Trinajstić information content (AvgIpc) is 2.71. The van der Waals surface area contributed by atoms with Gasteiger partial charge in [0.1, 0.15) is 11.8 Å². The van der Waals surface area contributed by atoms with E-state index in [0.29, 0.717) is 25.3 Å². The Hall–Kier alpha value is -2.82.